The first kappa shape index (κ1) is 12.4. The zero-order valence-electron chi connectivity index (χ0n) is 11.5. The van der Waals surface area contributed by atoms with Crippen molar-refractivity contribution in [1.29, 1.82) is 0 Å². The Morgan fingerprint density at radius 2 is 1.82 bits per heavy atom. The number of anilines is 1. The standard InChI is InChI=1S/C15H24N2/c1-10-5-6-15(12(3)11(10)2)17(4)9-13-7-14(16)8-13/h5-6,13-14H,7-9,16H2,1-4H3. The van der Waals surface area contributed by atoms with Crippen LogP contribution in [0.5, 0.6) is 0 Å². The lowest BCUT2D eigenvalue weighted by Crippen LogP contribution is -2.42. The minimum atomic E-state index is 0.453. The molecule has 0 unspecified atom stereocenters. The van der Waals surface area contributed by atoms with Gasteiger partial charge in [0.25, 0.3) is 0 Å². The Morgan fingerprint density at radius 3 is 2.41 bits per heavy atom. The van der Waals surface area contributed by atoms with Crippen LogP contribution >= 0.6 is 0 Å². The van der Waals surface area contributed by atoms with E-state index in [2.05, 4.69) is 44.9 Å². The second-order valence-corrected chi connectivity index (χ2v) is 5.63. The Balaban J connectivity index is 2.08. The number of nitrogens with zero attached hydrogens (tertiary/aromatic N) is 1. The Kier molecular flexibility index (Phi) is 3.43. The van der Waals surface area contributed by atoms with Gasteiger partial charge in [0.2, 0.25) is 0 Å². The molecule has 17 heavy (non-hydrogen) atoms. The fraction of sp³-hybridized carbons (Fsp3) is 0.600. The highest BCUT2D eigenvalue weighted by Gasteiger charge is 2.27. The summed E-state index contributed by atoms with van der Waals surface area (Å²) >= 11 is 0. The van der Waals surface area contributed by atoms with E-state index >= 15 is 0 Å². The van der Waals surface area contributed by atoms with E-state index in [9.17, 15) is 0 Å². The maximum Gasteiger partial charge on any atom is 0.0396 e. The summed E-state index contributed by atoms with van der Waals surface area (Å²) in [6, 6.07) is 4.92. The van der Waals surface area contributed by atoms with Gasteiger partial charge in [-0.3, -0.25) is 0 Å². The largest absolute Gasteiger partial charge is 0.374 e. The maximum atomic E-state index is 5.84. The first-order chi connectivity index (χ1) is 7.99. The zero-order chi connectivity index (χ0) is 12.6. The first-order valence-corrected chi connectivity index (χ1v) is 6.52. The van der Waals surface area contributed by atoms with E-state index in [1.807, 2.05) is 0 Å². The summed E-state index contributed by atoms with van der Waals surface area (Å²) in [6.07, 6.45) is 2.38. The molecule has 1 aliphatic rings. The van der Waals surface area contributed by atoms with Gasteiger partial charge in [-0.1, -0.05) is 6.07 Å². The van der Waals surface area contributed by atoms with Crippen molar-refractivity contribution in [3.8, 4) is 0 Å². The van der Waals surface area contributed by atoms with Crippen molar-refractivity contribution < 1.29 is 0 Å². The molecule has 2 heteroatoms. The van der Waals surface area contributed by atoms with Gasteiger partial charge in [-0.25, -0.2) is 0 Å². The summed E-state index contributed by atoms with van der Waals surface area (Å²) in [5.41, 5.74) is 11.4. The predicted octanol–water partition coefficient (Wildman–Crippen LogP) is 2.79. The van der Waals surface area contributed by atoms with Crippen molar-refractivity contribution in [3.05, 3.63) is 28.8 Å². The van der Waals surface area contributed by atoms with Crippen LogP contribution in [-0.4, -0.2) is 19.6 Å². The molecule has 0 bridgehead atoms. The molecule has 0 saturated heterocycles. The zero-order valence-corrected chi connectivity index (χ0v) is 11.5. The van der Waals surface area contributed by atoms with E-state index in [0.29, 0.717) is 6.04 Å². The Bertz CT molecular complexity index is 406. The molecule has 1 aliphatic carbocycles. The number of benzene rings is 1. The molecule has 0 aromatic heterocycles. The molecule has 1 saturated carbocycles. The number of hydrogen-bond acceptors (Lipinski definition) is 2. The number of rotatable bonds is 3. The molecule has 94 valence electrons. The van der Waals surface area contributed by atoms with E-state index in [4.69, 9.17) is 5.73 Å². The van der Waals surface area contributed by atoms with Crippen LogP contribution < -0.4 is 10.6 Å². The van der Waals surface area contributed by atoms with Gasteiger partial charge >= 0.3 is 0 Å². The van der Waals surface area contributed by atoms with Gasteiger partial charge in [0, 0.05) is 25.3 Å². The van der Waals surface area contributed by atoms with E-state index in [-0.39, 0.29) is 0 Å². The lowest BCUT2D eigenvalue weighted by Gasteiger charge is -2.36. The van der Waals surface area contributed by atoms with Crippen LogP contribution in [0, 0.1) is 26.7 Å². The smallest absolute Gasteiger partial charge is 0.0396 e. The number of aryl methyl sites for hydroxylation is 1. The van der Waals surface area contributed by atoms with Crippen LogP contribution in [0.4, 0.5) is 5.69 Å². The Labute approximate surface area is 105 Å². The van der Waals surface area contributed by atoms with Crippen LogP contribution in [0.15, 0.2) is 12.1 Å². The SMILES string of the molecule is Cc1ccc(N(C)CC2CC(N)C2)c(C)c1C. The van der Waals surface area contributed by atoms with Crippen molar-refractivity contribution in [1.82, 2.24) is 0 Å². The van der Waals surface area contributed by atoms with Crippen LogP contribution in [0.1, 0.15) is 29.5 Å². The second kappa shape index (κ2) is 4.69. The minimum Gasteiger partial charge on any atom is -0.374 e. The van der Waals surface area contributed by atoms with Gasteiger partial charge in [0.1, 0.15) is 0 Å². The van der Waals surface area contributed by atoms with E-state index in [0.717, 1.165) is 12.5 Å². The van der Waals surface area contributed by atoms with Crippen LogP contribution in [0.2, 0.25) is 0 Å². The first-order valence-electron chi connectivity index (χ1n) is 6.52. The normalized spacial score (nSPS) is 23.4. The molecule has 2 rings (SSSR count). The van der Waals surface area contributed by atoms with E-state index in [1.54, 1.807) is 0 Å². The monoisotopic (exact) mass is 232 g/mol. The Hall–Kier alpha value is -1.02. The molecule has 1 aromatic carbocycles. The molecule has 0 spiro atoms. The minimum absolute atomic E-state index is 0.453. The Morgan fingerprint density at radius 1 is 1.18 bits per heavy atom. The van der Waals surface area contributed by atoms with E-state index < -0.39 is 0 Å². The topological polar surface area (TPSA) is 29.3 Å². The van der Waals surface area contributed by atoms with Crippen molar-refractivity contribution >= 4 is 5.69 Å². The molecule has 0 heterocycles. The third kappa shape index (κ3) is 2.47. The molecule has 0 atom stereocenters. The summed E-state index contributed by atoms with van der Waals surface area (Å²) in [4.78, 5) is 2.39. The van der Waals surface area contributed by atoms with Crippen LogP contribution in [-0.2, 0) is 0 Å². The van der Waals surface area contributed by atoms with Gasteiger partial charge in [0.15, 0.2) is 0 Å². The molecule has 0 radical (unpaired) electrons. The average molecular weight is 232 g/mol. The third-order valence-electron chi connectivity index (χ3n) is 4.24. The predicted molar refractivity (Wildman–Crippen MR) is 74.6 cm³/mol. The lowest BCUT2D eigenvalue weighted by molar-refractivity contribution is 0.271. The van der Waals surface area contributed by atoms with Gasteiger partial charge in [-0.2, -0.15) is 0 Å². The number of hydrogen-bond donors (Lipinski definition) is 1. The third-order valence-corrected chi connectivity index (χ3v) is 4.24. The highest BCUT2D eigenvalue weighted by molar-refractivity contribution is 5.57. The summed E-state index contributed by atoms with van der Waals surface area (Å²) in [7, 11) is 2.20. The van der Waals surface area contributed by atoms with E-state index in [1.165, 1.54) is 35.2 Å². The summed E-state index contributed by atoms with van der Waals surface area (Å²) in [6.45, 7) is 7.75. The molecule has 2 nitrogen and oxygen atoms in total. The average Bonchev–Trinajstić information content (AvgIpc) is 2.24. The van der Waals surface area contributed by atoms with Gasteiger partial charge in [0.05, 0.1) is 0 Å². The number of nitrogens with two attached hydrogens (primary N) is 1. The highest BCUT2D eigenvalue weighted by Crippen LogP contribution is 2.30. The molecule has 2 N–H and O–H groups in total. The van der Waals surface area contributed by atoms with Crippen LogP contribution in [0.25, 0.3) is 0 Å². The van der Waals surface area contributed by atoms with Crippen molar-refractivity contribution in [2.24, 2.45) is 11.7 Å². The fourth-order valence-corrected chi connectivity index (χ4v) is 2.78. The highest BCUT2D eigenvalue weighted by atomic mass is 15.1. The quantitative estimate of drug-likeness (QED) is 0.868. The van der Waals surface area contributed by atoms with Gasteiger partial charge in [-0.05, 0) is 62.3 Å². The summed E-state index contributed by atoms with van der Waals surface area (Å²) in [5, 5.41) is 0. The van der Waals surface area contributed by atoms with Crippen molar-refractivity contribution in [3.63, 3.8) is 0 Å². The van der Waals surface area contributed by atoms with Crippen LogP contribution in [0.3, 0.4) is 0 Å². The lowest BCUT2D eigenvalue weighted by atomic mass is 9.80. The molecule has 0 amide bonds. The molecule has 0 aliphatic heterocycles. The van der Waals surface area contributed by atoms with Crippen molar-refractivity contribution in [2.75, 3.05) is 18.5 Å². The van der Waals surface area contributed by atoms with Gasteiger partial charge < -0.3 is 10.6 Å². The van der Waals surface area contributed by atoms with Crippen molar-refractivity contribution in [2.45, 2.75) is 39.7 Å². The molecule has 1 fully saturated rings. The second-order valence-electron chi connectivity index (χ2n) is 5.63. The molecular formula is C15H24N2. The fourth-order valence-electron chi connectivity index (χ4n) is 2.78. The summed E-state index contributed by atoms with van der Waals surface area (Å²) < 4.78 is 0. The molecular weight excluding hydrogens is 208 g/mol. The molecule has 1 aromatic rings. The van der Waals surface area contributed by atoms with Gasteiger partial charge in [-0.15, -0.1) is 0 Å². The maximum absolute atomic E-state index is 5.84. The summed E-state index contributed by atoms with van der Waals surface area (Å²) in [5.74, 6) is 0.788.